The highest BCUT2D eigenvalue weighted by Gasteiger charge is 2.03. The predicted molar refractivity (Wildman–Crippen MR) is 48.2 cm³/mol. The summed E-state index contributed by atoms with van der Waals surface area (Å²) in [5.41, 5.74) is 2.28. The van der Waals surface area contributed by atoms with E-state index in [1.807, 2.05) is 6.92 Å². The van der Waals surface area contributed by atoms with Gasteiger partial charge < -0.3 is 4.98 Å². The zero-order valence-corrected chi connectivity index (χ0v) is 7.83. The van der Waals surface area contributed by atoms with E-state index in [-0.39, 0.29) is 0 Å². The number of hydrogen-bond donors (Lipinski definition) is 1. The molecule has 3 heteroatoms. The lowest BCUT2D eigenvalue weighted by Crippen LogP contribution is -1.97. The third-order valence-corrected chi connectivity index (χ3v) is 2.12. The molecule has 0 radical (unpaired) electrons. The smallest absolute Gasteiger partial charge is 0.132 e. The van der Waals surface area contributed by atoms with Crippen LogP contribution in [0.5, 0.6) is 0 Å². The third kappa shape index (κ3) is 1.66. The number of H-pyrrole nitrogens is 1. The Hall–Kier alpha value is -0.700. The van der Waals surface area contributed by atoms with Crippen molar-refractivity contribution in [3.05, 3.63) is 22.2 Å². The Bertz CT molecular complexity index is 301. The molecule has 0 atom stereocenters. The first-order valence-corrected chi connectivity index (χ1v) is 4.08. The number of hydrogen-bond acceptors (Lipinski definition) is 2. The van der Waals surface area contributed by atoms with Gasteiger partial charge in [-0.3, -0.25) is 0 Å². The second-order valence-corrected chi connectivity index (χ2v) is 3.29. The maximum atomic E-state index is 5.03. The predicted octanol–water partition coefficient (Wildman–Crippen LogP) is 2.57. The minimum atomic E-state index is 0.486. The van der Waals surface area contributed by atoms with Crippen molar-refractivity contribution in [2.75, 3.05) is 0 Å². The highest BCUT2D eigenvalue weighted by atomic mass is 32.1. The molecule has 0 fully saturated rings. The van der Waals surface area contributed by atoms with Crippen LogP contribution in [0, 0.1) is 11.6 Å². The average Bonchev–Trinajstić information content (AvgIpc) is 1.94. The zero-order chi connectivity index (χ0) is 8.43. The van der Waals surface area contributed by atoms with Crippen LogP contribution >= 0.6 is 12.2 Å². The SMILES string of the molecule is Cc1c(C(C)C)[nH]cnc1=S. The van der Waals surface area contributed by atoms with Gasteiger partial charge in [0.25, 0.3) is 0 Å². The van der Waals surface area contributed by atoms with E-state index in [1.54, 1.807) is 6.33 Å². The first-order valence-electron chi connectivity index (χ1n) is 3.67. The Morgan fingerprint density at radius 2 is 2.18 bits per heavy atom. The number of aromatic amines is 1. The summed E-state index contributed by atoms with van der Waals surface area (Å²) in [6.45, 7) is 6.27. The van der Waals surface area contributed by atoms with Crippen LogP contribution in [-0.2, 0) is 0 Å². The van der Waals surface area contributed by atoms with Gasteiger partial charge in [-0.05, 0) is 12.8 Å². The molecule has 0 bridgehead atoms. The monoisotopic (exact) mass is 168 g/mol. The summed E-state index contributed by atoms with van der Waals surface area (Å²) >= 11 is 5.03. The normalized spacial score (nSPS) is 10.5. The molecule has 1 heterocycles. The van der Waals surface area contributed by atoms with Crippen LogP contribution in [-0.4, -0.2) is 9.97 Å². The lowest BCUT2D eigenvalue weighted by atomic mass is 10.1. The van der Waals surface area contributed by atoms with E-state index in [1.165, 1.54) is 5.69 Å². The molecule has 0 saturated heterocycles. The van der Waals surface area contributed by atoms with E-state index >= 15 is 0 Å². The maximum absolute atomic E-state index is 5.03. The zero-order valence-electron chi connectivity index (χ0n) is 7.01. The molecule has 0 amide bonds. The van der Waals surface area contributed by atoms with E-state index < -0.39 is 0 Å². The molecule has 0 aliphatic carbocycles. The van der Waals surface area contributed by atoms with Crippen LogP contribution in [0.3, 0.4) is 0 Å². The van der Waals surface area contributed by atoms with Crippen LogP contribution in [0.2, 0.25) is 0 Å². The average molecular weight is 168 g/mol. The minimum Gasteiger partial charge on any atom is -0.349 e. The molecular weight excluding hydrogens is 156 g/mol. The number of rotatable bonds is 1. The van der Waals surface area contributed by atoms with Crippen molar-refractivity contribution >= 4 is 12.2 Å². The van der Waals surface area contributed by atoms with E-state index in [4.69, 9.17) is 12.2 Å². The van der Waals surface area contributed by atoms with E-state index in [0.29, 0.717) is 10.6 Å². The van der Waals surface area contributed by atoms with Gasteiger partial charge in [0.05, 0.1) is 6.33 Å². The molecule has 60 valence electrons. The van der Waals surface area contributed by atoms with Gasteiger partial charge in [0.15, 0.2) is 0 Å². The highest BCUT2D eigenvalue weighted by molar-refractivity contribution is 7.71. The van der Waals surface area contributed by atoms with Crippen LogP contribution in [0.15, 0.2) is 6.33 Å². The number of aromatic nitrogens is 2. The van der Waals surface area contributed by atoms with Gasteiger partial charge in [-0.25, -0.2) is 4.98 Å². The van der Waals surface area contributed by atoms with Crippen LogP contribution < -0.4 is 0 Å². The number of nitrogens with one attached hydrogen (secondary N) is 1. The second kappa shape index (κ2) is 3.13. The lowest BCUT2D eigenvalue weighted by Gasteiger charge is -2.07. The van der Waals surface area contributed by atoms with Crippen LogP contribution in [0.1, 0.15) is 31.0 Å². The summed E-state index contributed by atoms with van der Waals surface area (Å²) in [7, 11) is 0. The van der Waals surface area contributed by atoms with Gasteiger partial charge >= 0.3 is 0 Å². The molecule has 0 spiro atoms. The first kappa shape index (κ1) is 8.40. The second-order valence-electron chi connectivity index (χ2n) is 2.90. The largest absolute Gasteiger partial charge is 0.349 e. The molecule has 1 N–H and O–H groups in total. The maximum Gasteiger partial charge on any atom is 0.132 e. The van der Waals surface area contributed by atoms with Crippen molar-refractivity contribution in [1.82, 2.24) is 9.97 Å². The Balaban J connectivity index is 3.28. The molecule has 0 aliphatic heterocycles. The van der Waals surface area contributed by atoms with Gasteiger partial charge in [-0.15, -0.1) is 0 Å². The number of nitrogens with zero attached hydrogens (tertiary/aromatic N) is 1. The quantitative estimate of drug-likeness (QED) is 0.653. The topological polar surface area (TPSA) is 28.7 Å². The molecule has 0 aliphatic rings. The summed E-state index contributed by atoms with van der Waals surface area (Å²) < 4.78 is 0.701. The Morgan fingerprint density at radius 1 is 1.55 bits per heavy atom. The summed E-state index contributed by atoms with van der Waals surface area (Å²) in [5, 5.41) is 0. The molecule has 0 saturated carbocycles. The van der Waals surface area contributed by atoms with E-state index in [0.717, 1.165) is 5.56 Å². The van der Waals surface area contributed by atoms with Gasteiger partial charge in [0.1, 0.15) is 4.64 Å². The minimum absolute atomic E-state index is 0.486. The molecule has 11 heavy (non-hydrogen) atoms. The van der Waals surface area contributed by atoms with Gasteiger partial charge in [0.2, 0.25) is 0 Å². The summed E-state index contributed by atoms with van der Waals surface area (Å²) in [5.74, 6) is 0.486. The van der Waals surface area contributed by atoms with Crippen molar-refractivity contribution in [3.63, 3.8) is 0 Å². The molecule has 1 rings (SSSR count). The fourth-order valence-corrected chi connectivity index (χ4v) is 1.24. The van der Waals surface area contributed by atoms with Crippen molar-refractivity contribution in [2.45, 2.75) is 26.7 Å². The lowest BCUT2D eigenvalue weighted by molar-refractivity contribution is 0.799. The Kier molecular flexibility index (Phi) is 2.39. The fourth-order valence-electron chi connectivity index (χ4n) is 1.08. The third-order valence-electron chi connectivity index (χ3n) is 1.70. The van der Waals surface area contributed by atoms with Crippen molar-refractivity contribution in [1.29, 1.82) is 0 Å². The van der Waals surface area contributed by atoms with Gasteiger partial charge in [-0.2, -0.15) is 0 Å². The standard InChI is InChI=1S/C8H12N2S/c1-5(2)7-6(3)8(11)10-4-9-7/h4-5H,1-3H3,(H,9,10,11). The van der Waals surface area contributed by atoms with Crippen LogP contribution in [0.25, 0.3) is 0 Å². The van der Waals surface area contributed by atoms with Crippen LogP contribution in [0.4, 0.5) is 0 Å². The van der Waals surface area contributed by atoms with Crippen molar-refractivity contribution in [3.8, 4) is 0 Å². The van der Waals surface area contributed by atoms with E-state index in [2.05, 4.69) is 23.8 Å². The van der Waals surface area contributed by atoms with Gasteiger partial charge in [-0.1, -0.05) is 26.1 Å². The molecule has 2 nitrogen and oxygen atoms in total. The summed E-state index contributed by atoms with van der Waals surface area (Å²) in [6.07, 6.45) is 1.66. The summed E-state index contributed by atoms with van der Waals surface area (Å²) in [6, 6.07) is 0. The van der Waals surface area contributed by atoms with Crippen molar-refractivity contribution < 1.29 is 0 Å². The summed E-state index contributed by atoms with van der Waals surface area (Å²) in [4.78, 5) is 7.08. The van der Waals surface area contributed by atoms with Crippen molar-refractivity contribution in [2.24, 2.45) is 0 Å². The first-order chi connectivity index (χ1) is 5.13. The Labute approximate surface area is 71.7 Å². The molecular formula is C8H12N2S. The van der Waals surface area contributed by atoms with Gasteiger partial charge in [0, 0.05) is 11.3 Å². The fraction of sp³-hybridized carbons (Fsp3) is 0.500. The van der Waals surface area contributed by atoms with E-state index in [9.17, 15) is 0 Å². The molecule has 0 unspecified atom stereocenters. The molecule has 1 aromatic heterocycles. The highest BCUT2D eigenvalue weighted by Crippen LogP contribution is 2.14. The Morgan fingerprint density at radius 3 is 2.64 bits per heavy atom. The molecule has 0 aromatic carbocycles. The molecule has 1 aromatic rings.